The maximum Gasteiger partial charge on any atom is 0.282 e. The third-order valence-electron chi connectivity index (χ3n) is 4.17. The number of amidine groups is 1. The van der Waals surface area contributed by atoms with Crippen LogP contribution in [0.15, 0.2) is 23.2 Å². The van der Waals surface area contributed by atoms with Gasteiger partial charge in [0.15, 0.2) is 0 Å². The van der Waals surface area contributed by atoms with Gasteiger partial charge in [-0.2, -0.15) is 0 Å². The topological polar surface area (TPSA) is 90.8 Å². The van der Waals surface area contributed by atoms with E-state index < -0.39 is 16.3 Å². The summed E-state index contributed by atoms with van der Waals surface area (Å²) in [4.78, 5) is 14.9. The molecule has 7 heteroatoms. The third-order valence-corrected chi connectivity index (χ3v) is 4.17. The fourth-order valence-electron chi connectivity index (χ4n) is 3.11. The van der Waals surface area contributed by atoms with Gasteiger partial charge in [-0.3, -0.25) is 10.1 Å². The molecule has 120 valence electrons. The van der Waals surface area contributed by atoms with E-state index in [9.17, 15) is 14.5 Å². The van der Waals surface area contributed by atoms with E-state index in [1.165, 1.54) is 6.07 Å². The maximum atomic E-state index is 14.4. The second-order valence-electron chi connectivity index (χ2n) is 5.46. The van der Waals surface area contributed by atoms with Crippen LogP contribution in [0.1, 0.15) is 38.7 Å². The van der Waals surface area contributed by atoms with Crippen molar-refractivity contribution in [2.24, 2.45) is 16.6 Å². The molecule has 0 bridgehead atoms. The van der Waals surface area contributed by atoms with Crippen LogP contribution in [0.25, 0.3) is 0 Å². The van der Waals surface area contributed by atoms with E-state index in [-0.39, 0.29) is 23.2 Å². The molecule has 2 atom stereocenters. The van der Waals surface area contributed by atoms with Gasteiger partial charge >= 0.3 is 0 Å². The van der Waals surface area contributed by atoms with Crippen LogP contribution in [-0.4, -0.2) is 17.6 Å². The summed E-state index contributed by atoms with van der Waals surface area (Å²) in [6.07, 6.45) is 2.00. The molecule has 0 saturated carbocycles. The van der Waals surface area contributed by atoms with Crippen molar-refractivity contribution < 1.29 is 14.1 Å². The van der Waals surface area contributed by atoms with E-state index in [2.05, 4.69) is 4.99 Å². The van der Waals surface area contributed by atoms with E-state index in [1.54, 1.807) is 0 Å². The van der Waals surface area contributed by atoms with Crippen molar-refractivity contribution in [3.8, 4) is 0 Å². The summed E-state index contributed by atoms with van der Waals surface area (Å²) < 4.78 is 19.7. The molecule has 1 aliphatic rings. The zero-order valence-corrected chi connectivity index (χ0v) is 12.7. The Bertz CT molecular complexity index is 606. The van der Waals surface area contributed by atoms with Gasteiger partial charge in [-0.15, -0.1) is 0 Å². The highest BCUT2D eigenvalue weighted by Crippen LogP contribution is 2.44. The molecule has 1 aromatic rings. The van der Waals surface area contributed by atoms with Crippen molar-refractivity contribution in [2.75, 3.05) is 6.61 Å². The van der Waals surface area contributed by atoms with E-state index in [4.69, 9.17) is 10.5 Å². The summed E-state index contributed by atoms with van der Waals surface area (Å²) in [5, 5.41) is 11.0. The van der Waals surface area contributed by atoms with Crippen LogP contribution in [0.2, 0.25) is 0 Å². The molecule has 0 fully saturated rings. The lowest BCUT2D eigenvalue weighted by Crippen LogP contribution is -2.44. The summed E-state index contributed by atoms with van der Waals surface area (Å²) in [5.74, 6) is -0.591. The standard InChI is InChI=1S/C15H20FN3O3/c1-3-7-15(10(4-2)9-22-14(17)18-15)12-8-11(19(20)21)5-6-13(12)16/h5-6,8,10H,3-4,7,9H2,1-2H3,(H2,17,18)/t10-,15-/m0/s1. The van der Waals surface area contributed by atoms with Crippen LogP contribution in [0, 0.1) is 21.8 Å². The van der Waals surface area contributed by atoms with Crippen LogP contribution in [-0.2, 0) is 10.3 Å². The van der Waals surface area contributed by atoms with Gasteiger partial charge in [0, 0.05) is 23.6 Å². The molecule has 1 heterocycles. The van der Waals surface area contributed by atoms with E-state index in [0.29, 0.717) is 19.4 Å². The molecule has 0 aliphatic carbocycles. The van der Waals surface area contributed by atoms with Crippen molar-refractivity contribution >= 4 is 11.7 Å². The molecule has 0 amide bonds. The normalized spacial score (nSPS) is 24.5. The fourth-order valence-corrected chi connectivity index (χ4v) is 3.11. The number of aliphatic imine (C=N–C) groups is 1. The Kier molecular flexibility index (Phi) is 4.63. The van der Waals surface area contributed by atoms with Crippen LogP contribution in [0.3, 0.4) is 0 Å². The minimum atomic E-state index is -0.915. The average Bonchev–Trinajstić information content (AvgIpc) is 2.47. The first-order valence-electron chi connectivity index (χ1n) is 7.37. The predicted molar refractivity (Wildman–Crippen MR) is 81.0 cm³/mol. The number of ether oxygens (including phenoxy) is 1. The first-order chi connectivity index (χ1) is 10.4. The van der Waals surface area contributed by atoms with Crippen molar-refractivity contribution in [3.63, 3.8) is 0 Å². The Morgan fingerprint density at radius 3 is 2.86 bits per heavy atom. The largest absolute Gasteiger partial charge is 0.465 e. The van der Waals surface area contributed by atoms with Gasteiger partial charge in [0.1, 0.15) is 11.4 Å². The van der Waals surface area contributed by atoms with Gasteiger partial charge in [0.05, 0.1) is 11.5 Å². The Balaban J connectivity index is 2.67. The molecule has 0 aromatic heterocycles. The molecular formula is C15H20FN3O3. The molecule has 2 N–H and O–H groups in total. The number of halogens is 1. The Hall–Kier alpha value is -2.18. The van der Waals surface area contributed by atoms with E-state index in [0.717, 1.165) is 18.6 Å². The maximum absolute atomic E-state index is 14.4. The molecule has 0 unspecified atom stereocenters. The lowest BCUT2D eigenvalue weighted by molar-refractivity contribution is -0.385. The summed E-state index contributed by atoms with van der Waals surface area (Å²) in [6.45, 7) is 4.25. The summed E-state index contributed by atoms with van der Waals surface area (Å²) in [6, 6.07) is 3.56. The lowest BCUT2D eigenvalue weighted by atomic mass is 9.73. The Morgan fingerprint density at radius 1 is 1.55 bits per heavy atom. The monoisotopic (exact) mass is 309 g/mol. The number of nitrogens with zero attached hydrogens (tertiary/aromatic N) is 2. The number of hydrogen-bond donors (Lipinski definition) is 1. The molecular weight excluding hydrogens is 289 g/mol. The zero-order valence-electron chi connectivity index (χ0n) is 12.7. The van der Waals surface area contributed by atoms with Gasteiger partial charge in [-0.1, -0.05) is 20.3 Å². The number of non-ortho nitro benzene ring substituents is 1. The molecule has 1 aliphatic heterocycles. The molecule has 0 spiro atoms. The number of nitrogens with two attached hydrogens (primary N) is 1. The molecule has 6 nitrogen and oxygen atoms in total. The van der Waals surface area contributed by atoms with Crippen LogP contribution < -0.4 is 5.73 Å². The Labute approximate surface area is 128 Å². The number of benzene rings is 1. The Morgan fingerprint density at radius 2 is 2.27 bits per heavy atom. The van der Waals surface area contributed by atoms with Crippen molar-refractivity contribution in [2.45, 2.75) is 38.6 Å². The van der Waals surface area contributed by atoms with Crippen molar-refractivity contribution in [3.05, 3.63) is 39.7 Å². The van der Waals surface area contributed by atoms with Gasteiger partial charge in [0.2, 0.25) is 0 Å². The fraction of sp³-hybridized carbons (Fsp3) is 0.533. The van der Waals surface area contributed by atoms with Gasteiger partial charge < -0.3 is 10.5 Å². The molecule has 0 saturated heterocycles. The number of nitro benzene ring substituents is 1. The van der Waals surface area contributed by atoms with Crippen LogP contribution in [0.4, 0.5) is 10.1 Å². The number of hydrogen-bond acceptors (Lipinski definition) is 5. The molecule has 0 radical (unpaired) electrons. The molecule has 1 aromatic carbocycles. The quantitative estimate of drug-likeness (QED) is 0.668. The highest BCUT2D eigenvalue weighted by Gasteiger charge is 2.44. The van der Waals surface area contributed by atoms with Crippen LogP contribution in [0.5, 0.6) is 0 Å². The third kappa shape index (κ3) is 2.75. The van der Waals surface area contributed by atoms with Gasteiger partial charge in [-0.25, -0.2) is 9.38 Å². The number of nitro groups is 1. The van der Waals surface area contributed by atoms with E-state index >= 15 is 0 Å². The molecule has 22 heavy (non-hydrogen) atoms. The second kappa shape index (κ2) is 6.29. The highest BCUT2D eigenvalue weighted by atomic mass is 19.1. The van der Waals surface area contributed by atoms with E-state index in [1.807, 2.05) is 13.8 Å². The van der Waals surface area contributed by atoms with Crippen molar-refractivity contribution in [1.82, 2.24) is 0 Å². The van der Waals surface area contributed by atoms with Crippen LogP contribution >= 0.6 is 0 Å². The first-order valence-corrected chi connectivity index (χ1v) is 7.37. The SMILES string of the molecule is CCC[C@]1(c2cc([N+](=O)[O-])ccc2F)N=C(N)OC[C@@H]1CC. The number of rotatable bonds is 5. The summed E-state index contributed by atoms with van der Waals surface area (Å²) in [5.41, 5.74) is 4.87. The smallest absolute Gasteiger partial charge is 0.282 e. The van der Waals surface area contributed by atoms with Gasteiger partial charge in [-0.05, 0) is 18.9 Å². The summed E-state index contributed by atoms with van der Waals surface area (Å²) in [7, 11) is 0. The van der Waals surface area contributed by atoms with Gasteiger partial charge in [0.25, 0.3) is 11.7 Å². The lowest BCUT2D eigenvalue weighted by Gasteiger charge is -2.40. The highest BCUT2D eigenvalue weighted by molar-refractivity contribution is 5.73. The van der Waals surface area contributed by atoms with Crippen molar-refractivity contribution in [1.29, 1.82) is 0 Å². The minimum absolute atomic E-state index is 0.00376. The predicted octanol–water partition coefficient (Wildman–Crippen LogP) is 3.10. The first kappa shape index (κ1) is 16.2. The average molecular weight is 309 g/mol. The second-order valence-corrected chi connectivity index (χ2v) is 5.46. The summed E-state index contributed by atoms with van der Waals surface area (Å²) >= 11 is 0. The zero-order chi connectivity index (χ0) is 16.3. The minimum Gasteiger partial charge on any atom is -0.465 e. The molecule has 2 rings (SSSR count).